The zero-order chi connectivity index (χ0) is 15.5. The van der Waals surface area contributed by atoms with Crippen molar-refractivity contribution in [1.29, 1.82) is 0 Å². The predicted molar refractivity (Wildman–Crippen MR) is 80.7 cm³/mol. The van der Waals surface area contributed by atoms with Crippen molar-refractivity contribution in [3.8, 4) is 0 Å². The van der Waals surface area contributed by atoms with Gasteiger partial charge in [0.15, 0.2) is 5.69 Å². The zero-order valence-electron chi connectivity index (χ0n) is 12.8. The van der Waals surface area contributed by atoms with Crippen LogP contribution in [-0.4, -0.2) is 35.1 Å². The molecule has 0 fully saturated rings. The molecule has 1 N–H and O–H groups in total. The largest absolute Gasteiger partial charge is 0.363 e. The van der Waals surface area contributed by atoms with Crippen LogP contribution in [0, 0.1) is 0 Å². The lowest BCUT2D eigenvalue weighted by Crippen LogP contribution is -2.26. The molecule has 0 aliphatic heterocycles. The third-order valence-electron chi connectivity index (χ3n) is 3.72. The van der Waals surface area contributed by atoms with Crippen LogP contribution in [0.1, 0.15) is 40.5 Å². The summed E-state index contributed by atoms with van der Waals surface area (Å²) in [6.45, 7) is 0.266. The lowest BCUT2D eigenvalue weighted by molar-refractivity contribution is 0.0940. The van der Waals surface area contributed by atoms with Crippen LogP contribution in [0.3, 0.4) is 0 Å². The molecule has 0 radical (unpaired) electrons. The molecule has 0 atom stereocenters. The maximum atomic E-state index is 12.3. The van der Waals surface area contributed by atoms with Crippen LogP contribution in [0.15, 0.2) is 16.8 Å². The summed E-state index contributed by atoms with van der Waals surface area (Å²) in [4.78, 5) is 22.7. The summed E-state index contributed by atoms with van der Waals surface area (Å²) in [7, 11) is 3.82. The molecule has 116 valence electrons. The van der Waals surface area contributed by atoms with Crippen molar-refractivity contribution in [2.75, 3.05) is 19.0 Å². The highest BCUT2D eigenvalue weighted by Gasteiger charge is 2.23. The molecule has 0 saturated heterocycles. The van der Waals surface area contributed by atoms with Gasteiger partial charge in [0, 0.05) is 32.3 Å². The van der Waals surface area contributed by atoms with Gasteiger partial charge in [0.2, 0.25) is 0 Å². The number of anilines is 1. The lowest BCUT2D eigenvalue weighted by atomic mass is 9.96. The van der Waals surface area contributed by atoms with Crippen molar-refractivity contribution < 1.29 is 9.32 Å². The van der Waals surface area contributed by atoms with Crippen LogP contribution in [0.2, 0.25) is 0 Å². The second-order valence-corrected chi connectivity index (χ2v) is 5.55. The average molecular weight is 301 g/mol. The Hall–Kier alpha value is -2.44. The van der Waals surface area contributed by atoms with E-state index in [1.54, 1.807) is 6.20 Å². The molecule has 7 nitrogen and oxygen atoms in total. The predicted octanol–water partition coefficient (Wildman–Crippen LogP) is 1.34. The van der Waals surface area contributed by atoms with Gasteiger partial charge in [-0.1, -0.05) is 5.16 Å². The first kappa shape index (κ1) is 14.5. The first-order valence-electron chi connectivity index (χ1n) is 7.40. The van der Waals surface area contributed by atoms with E-state index in [1.807, 2.05) is 25.1 Å². The van der Waals surface area contributed by atoms with Gasteiger partial charge < -0.3 is 14.7 Å². The molecule has 0 spiro atoms. The van der Waals surface area contributed by atoms with Crippen molar-refractivity contribution in [1.82, 2.24) is 20.4 Å². The molecule has 3 rings (SSSR count). The van der Waals surface area contributed by atoms with Crippen LogP contribution < -0.4 is 10.2 Å². The van der Waals surface area contributed by atoms with Crippen LogP contribution >= 0.6 is 0 Å². The van der Waals surface area contributed by atoms with E-state index in [-0.39, 0.29) is 12.5 Å². The molecular formula is C15H19N5O2. The quantitative estimate of drug-likeness (QED) is 0.917. The van der Waals surface area contributed by atoms with Gasteiger partial charge in [0.05, 0.1) is 6.54 Å². The Morgan fingerprint density at radius 3 is 3.00 bits per heavy atom. The van der Waals surface area contributed by atoms with E-state index in [4.69, 9.17) is 4.52 Å². The van der Waals surface area contributed by atoms with E-state index in [1.165, 1.54) is 0 Å². The Morgan fingerprint density at radius 2 is 2.18 bits per heavy atom. The topological polar surface area (TPSA) is 84.2 Å². The van der Waals surface area contributed by atoms with Crippen LogP contribution in [0.4, 0.5) is 5.82 Å². The SMILES string of the molecule is CN(C)c1ccnc(CNC(=O)c2noc3c2CCCC3)n1. The van der Waals surface area contributed by atoms with E-state index < -0.39 is 0 Å². The minimum absolute atomic E-state index is 0.231. The minimum Gasteiger partial charge on any atom is -0.363 e. The number of carbonyl (C=O) groups excluding carboxylic acids is 1. The van der Waals surface area contributed by atoms with Gasteiger partial charge in [0.25, 0.3) is 5.91 Å². The number of nitrogens with zero attached hydrogens (tertiary/aromatic N) is 4. The summed E-state index contributed by atoms with van der Waals surface area (Å²) in [6.07, 6.45) is 5.57. The van der Waals surface area contributed by atoms with Crippen molar-refractivity contribution in [3.05, 3.63) is 35.1 Å². The van der Waals surface area contributed by atoms with Gasteiger partial charge in [-0.25, -0.2) is 9.97 Å². The van der Waals surface area contributed by atoms with Gasteiger partial charge in [-0.3, -0.25) is 4.79 Å². The number of aromatic nitrogens is 3. The third-order valence-corrected chi connectivity index (χ3v) is 3.72. The summed E-state index contributed by atoms with van der Waals surface area (Å²) < 4.78 is 5.26. The monoisotopic (exact) mass is 301 g/mol. The van der Waals surface area contributed by atoms with Gasteiger partial charge in [-0.05, 0) is 25.3 Å². The van der Waals surface area contributed by atoms with Gasteiger partial charge in [-0.2, -0.15) is 0 Å². The molecule has 1 amide bonds. The first-order valence-corrected chi connectivity index (χ1v) is 7.40. The number of fused-ring (bicyclic) bond motifs is 1. The van der Waals surface area contributed by atoms with Crippen LogP contribution in [0.25, 0.3) is 0 Å². The van der Waals surface area contributed by atoms with E-state index >= 15 is 0 Å². The number of hydrogen-bond acceptors (Lipinski definition) is 6. The molecule has 2 heterocycles. The molecule has 1 aliphatic rings. The molecule has 0 aromatic carbocycles. The Bertz CT molecular complexity index is 680. The van der Waals surface area contributed by atoms with E-state index in [0.717, 1.165) is 42.8 Å². The Balaban J connectivity index is 1.68. The standard InChI is InChI=1S/C15H19N5O2/c1-20(2)13-7-8-16-12(18-13)9-17-15(21)14-10-5-3-4-6-11(10)22-19-14/h7-8H,3-6,9H2,1-2H3,(H,17,21). The maximum Gasteiger partial charge on any atom is 0.274 e. The summed E-state index contributed by atoms with van der Waals surface area (Å²) >= 11 is 0. The second kappa shape index (κ2) is 6.13. The first-order chi connectivity index (χ1) is 10.6. The molecule has 22 heavy (non-hydrogen) atoms. The van der Waals surface area contributed by atoms with Gasteiger partial charge in [0.1, 0.15) is 17.4 Å². The number of amides is 1. The summed E-state index contributed by atoms with van der Waals surface area (Å²) in [6, 6.07) is 1.82. The van der Waals surface area contributed by atoms with Crippen molar-refractivity contribution in [3.63, 3.8) is 0 Å². The molecule has 2 aromatic rings. The number of rotatable bonds is 4. The lowest BCUT2D eigenvalue weighted by Gasteiger charge is -2.12. The van der Waals surface area contributed by atoms with Crippen molar-refractivity contribution in [2.45, 2.75) is 32.2 Å². The summed E-state index contributed by atoms with van der Waals surface area (Å²) in [5.74, 6) is 1.99. The van der Waals surface area contributed by atoms with Crippen molar-refractivity contribution in [2.24, 2.45) is 0 Å². The molecule has 0 bridgehead atoms. The molecular weight excluding hydrogens is 282 g/mol. The Kier molecular flexibility index (Phi) is 4.04. The summed E-state index contributed by atoms with van der Waals surface area (Å²) in [5.41, 5.74) is 1.35. The molecule has 1 aliphatic carbocycles. The minimum atomic E-state index is -0.231. The fourth-order valence-electron chi connectivity index (χ4n) is 2.53. The van der Waals surface area contributed by atoms with Crippen molar-refractivity contribution >= 4 is 11.7 Å². The van der Waals surface area contributed by atoms with Gasteiger partial charge in [-0.15, -0.1) is 0 Å². The maximum absolute atomic E-state index is 12.3. The fraction of sp³-hybridized carbons (Fsp3) is 0.467. The highest BCUT2D eigenvalue weighted by molar-refractivity contribution is 5.93. The number of aryl methyl sites for hydroxylation is 1. The van der Waals surface area contributed by atoms with E-state index in [2.05, 4.69) is 20.4 Å². The number of hydrogen-bond donors (Lipinski definition) is 1. The Labute approximate surface area is 128 Å². The molecule has 2 aromatic heterocycles. The number of nitrogens with one attached hydrogen (secondary N) is 1. The summed E-state index contributed by atoms with van der Waals surface area (Å²) in [5, 5.41) is 6.73. The third kappa shape index (κ3) is 2.93. The molecule has 7 heteroatoms. The fourth-order valence-corrected chi connectivity index (χ4v) is 2.53. The average Bonchev–Trinajstić information content (AvgIpc) is 2.97. The zero-order valence-corrected chi connectivity index (χ0v) is 12.8. The number of carbonyl (C=O) groups is 1. The highest BCUT2D eigenvalue weighted by Crippen LogP contribution is 2.24. The normalized spacial score (nSPS) is 13.5. The van der Waals surface area contributed by atoms with Crippen LogP contribution in [0.5, 0.6) is 0 Å². The van der Waals surface area contributed by atoms with Crippen LogP contribution in [-0.2, 0) is 19.4 Å². The smallest absolute Gasteiger partial charge is 0.274 e. The molecule has 0 saturated carbocycles. The van der Waals surface area contributed by atoms with E-state index in [9.17, 15) is 4.79 Å². The molecule has 0 unspecified atom stereocenters. The second-order valence-electron chi connectivity index (χ2n) is 5.55. The van der Waals surface area contributed by atoms with Gasteiger partial charge >= 0.3 is 0 Å². The highest BCUT2D eigenvalue weighted by atomic mass is 16.5. The van der Waals surface area contributed by atoms with E-state index in [0.29, 0.717) is 11.5 Å². The Morgan fingerprint density at radius 1 is 1.36 bits per heavy atom.